The Hall–Kier alpha value is -3.80. The molecule has 0 aliphatic heterocycles. The molecular weight excluding hydrogens is 439 g/mol. The maximum absolute atomic E-state index is 13.4. The number of pyridine rings is 2. The number of hydrogen-bond acceptors (Lipinski definition) is 7. The van der Waals surface area contributed by atoms with Crippen molar-refractivity contribution in [1.29, 1.82) is 0 Å². The molecule has 1 atom stereocenters. The van der Waals surface area contributed by atoms with Crippen LogP contribution in [0.5, 0.6) is 0 Å². The SMILES string of the molecule is COC[C@@H](C)N(Cc1ccc(C(F)(F)F)cn1)C(=O)c1cc2c(cn1)nc(N)c1cncn12. The molecule has 4 heterocycles. The summed E-state index contributed by atoms with van der Waals surface area (Å²) in [7, 11) is 1.50. The van der Waals surface area contributed by atoms with Crippen molar-refractivity contribution >= 4 is 28.3 Å². The molecule has 1 amide bonds. The van der Waals surface area contributed by atoms with Crippen LogP contribution < -0.4 is 5.73 Å². The van der Waals surface area contributed by atoms with Crippen LogP contribution >= 0.6 is 0 Å². The lowest BCUT2D eigenvalue weighted by Gasteiger charge is -2.28. The molecule has 4 aromatic heterocycles. The number of nitrogen functional groups attached to an aromatic ring is 1. The van der Waals surface area contributed by atoms with Gasteiger partial charge in [-0.1, -0.05) is 0 Å². The van der Waals surface area contributed by atoms with Crippen LogP contribution in [0.4, 0.5) is 19.0 Å². The number of nitrogens with two attached hydrogens (primary N) is 1. The second-order valence-corrected chi connectivity index (χ2v) is 7.48. The fourth-order valence-corrected chi connectivity index (χ4v) is 3.46. The van der Waals surface area contributed by atoms with Crippen molar-refractivity contribution in [2.45, 2.75) is 25.7 Å². The molecule has 4 aromatic rings. The molecule has 9 nitrogen and oxygen atoms in total. The number of fused-ring (bicyclic) bond motifs is 3. The number of nitrogens with zero attached hydrogens (tertiary/aromatic N) is 6. The standard InChI is InChI=1S/C21H20F3N7O2/c1-12(10-33-2)30(9-14-4-3-13(6-27-14)21(22,23)24)20(32)15-5-17-16(7-28-15)29-19(25)18-8-26-11-31(17)18/h3-8,11-12H,9-10H2,1-2H3,(H2,25,29)/t12-/m1/s1. The molecule has 0 fully saturated rings. The van der Waals surface area contributed by atoms with Crippen LogP contribution in [-0.2, 0) is 17.5 Å². The summed E-state index contributed by atoms with van der Waals surface area (Å²) >= 11 is 0. The first-order valence-corrected chi connectivity index (χ1v) is 9.88. The van der Waals surface area contributed by atoms with Crippen molar-refractivity contribution < 1.29 is 22.7 Å². The Morgan fingerprint density at radius 2 is 2.00 bits per heavy atom. The van der Waals surface area contributed by atoms with E-state index < -0.39 is 23.7 Å². The predicted molar refractivity (Wildman–Crippen MR) is 113 cm³/mol. The molecule has 2 N–H and O–H groups in total. The first kappa shape index (κ1) is 22.4. The summed E-state index contributed by atoms with van der Waals surface area (Å²) in [6.45, 7) is 1.95. The van der Waals surface area contributed by atoms with Gasteiger partial charge in [-0.2, -0.15) is 13.2 Å². The van der Waals surface area contributed by atoms with Gasteiger partial charge < -0.3 is 15.4 Å². The van der Waals surface area contributed by atoms with Gasteiger partial charge in [0.1, 0.15) is 22.5 Å². The lowest BCUT2D eigenvalue weighted by atomic mass is 10.2. The smallest absolute Gasteiger partial charge is 0.383 e. The Kier molecular flexibility index (Phi) is 5.85. The highest BCUT2D eigenvalue weighted by Crippen LogP contribution is 2.28. The Morgan fingerprint density at radius 1 is 1.21 bits per heavy atom. The van der Waals surface area contributed by atoms with Gasteiger partial charge >= 0.3 is 6.18 Å². The van der Waals surface area contributed by atoms with Crippen LogP contribution in [0.1, 0.15) is 28.7 Å². The van der Waals surface area contributed by atoms with E-state index in [0.717, 1.165) is 12.3 Å². The van der Waals surface area contributed by atoms with E-state index in [4.69, 9.17) is 10.5 Å². The number of methoxy groups -OCH3 is 1. The van der Waals surface area contributed by atoms with Crippen molar-refractivity contribution in [2.75, 3.05) is 19.5 Å². The minimum absolute atomic E-state index is 0.0261. The zero-order valence-corrected chi connectivity index (χ0v) is 17.7. The van der Waals surface area contributed by atoms with E-state index in [1.54, 1.807) is 29.9 Å². The van der Waals surface area contributed by atoms with Gasteiger partial charge in [0.25, 0.3) is 5.91 Å². The molecule has 0 aliphatic rings. The summed E-state index contributed by atoms with van der Waals surface area (Å²) in [5, 5.41) is 0. The summed E-state index contributed by atoms with van der Waals surface area (Å²) in [6, 6.07) is 3.36. The van der Waals surface area contributed by atoms with Gasteiger partial charge in [0.05, 0.1) is 54.7 Å². The molecule has 0 bridgehead atoms. The topological polar surface area (TPSA) is 112 Å². The number of hydrogen-bond donors (Lipinski definition) is 1. The lowest BCUT2D eigenvalue weighted by Crippen LogP contribution is -2.41. The van der Waals surface area contributed by atoms with E-state index in [2.05, 4.69) is 19.9 Å². The zero-order valence-electron chi connectivity index (χ0n) is 17.7. The highest BCUT2D eigenvalue weighted by Gasteiger charge is 2.31. The highest BCUT2D eigenvalue weighted by molar-refractivity contribution is 5.96. The minimum Gasteiger partial charge on any atom is -0.383 e. The molecule has 172 valence electrons. The van der Waals surface area contributed by atoms with E-state index in [1.165, 1.54) is 24.3 Å². The zero-order chi connectivity index (χ0) is 23.8. The first-order valence-electron chi connectivity index (χ1n) is 9.88. The van der Waals surface area contributed by atoms with E-state index in [1.807, 2.05) is 0 Å². The van der Waals surface area contributed by atoms with E-state index >= 15 is 0 Å². The molecule has 0 spiro atoms. The van der Waals surface area contributed by atoms with Crippen LogP contribution in [0.3, 0.4) is 0 Å². The molecule has 0 unspecified atom stereocenters. The number of rotatable bonds is 6. The van der Waals surface area contributed by atoms with Crippen molar-refractivity contribution in [3.05, 3.63) is 60.1 Å². The van der Waals surface area contributed by atoms with Gasteiger partial charge in [0.2, 0.25) is 0 Å². The number of carbonyl (C=O) groups is 1. The summed E-state index contributed by atoms with van der Waals surface area (Å²) in [5.41, 5.74) is 7.16. The lowest BCUT2D eigenvalue weighted by molar-refractivity contribution is -0.137. The third-order valence-electron chi connectivity index (χ3n) is 5.17. The summed E-state index contributed by atoms with van der Waals surface area (Å²) < 4.78 is 45.4. The molecule has 0 aromatic carbocycles. The Balaban J connectivity index is 1.69. The van der Waals surface area contributed by atoms with Crippen molar-refractivity contribution in [3.8, 4) is 0 Å². The van der Waals surface area contributed by atoms with Crippen LogP contribution in [0.15, 0.2) is 43.1 Å². The van der Waals surface area contributed by atoms with Crippen LogP contribution in [-0.4, -0.2) is 54.9 Å². The molecule has 0 saturated heterocycles. The van der Waals surface area contributed by atoms with Gasteiger partial charge in [0.15, 0.2) is 0 Å². The predicted octanol–water partition coefficient (Wildman–Crippen LogP) is 2.95. The van der Waals surface area contributed by atoms with Crippen LogP contribution in [0.25, 0.3) is 16.6 Å². The average Bonchev–Trinajstić information content (AvgIpc) is 3.28. The summed E-state index contributed by atoms with van der Waals surface area (Å²) in [5.74, 6) is -0.155. The van der Waals surface area contributed by atoms with Crippen LogP contribution in [0, 0.1) is 0 Å². The van der Waals surface area contributed by atoms with Crippen molar-refractivity contribution in [3.63, 3.8) is 0 Å². The largest absolute Gasteiger partial charge is 0.417 e. The van der Waals surface area contributed by atoms with E-state index in [9.17, 15) is 18.0 Å². The summed E-state index contributed by atoms with van der Waals surface area (Å²) in [6.07, 6.45) is 0.816. The van der Waals surface area contributed by atoms with E-state index in [-0.39, 0.29) is 24.7 Å². The number of aromatic nitrogens is 5. The Labute approximate surface area is 186 Å². The fourth-order valence-electron chi connectivity index (χ4n) is 3.46. The van der Waals surface area contributed by atoms with Crippen molar-refractivity contribution in [2.24, 2.45) is 0 Å². The number of ether oxygens (including phenoxy) is 1. The van der Waals surface area contributed by atoms with Gasteiger partial charge in [0, 0.05) is 13.3 Å². The van der Waals surface area contributed by atoms with E-state index in [0.29, 0.717) is 22.2 Å². The number of amides is 1. The molecular formula is C21H20F3N7O2. The number of anilines is 1. The number of halogens is 3. The number of imidazole rings is 1. The maximum atomic E-state index is 13.4. The normalized spacial score (nSPS) is 12.9. The summed E-state index contributed by atoms with van der Waals surface area (Å²) in [4.78, 5) is 31.3. The first-order chi connectivity index (χ1) is 15.7. The third kappa shape index (κ3) is 4.42. The quantitative estimate of drug-likeness (QED) is 0.472. The number of alkyl halides is 3. The molecule has 12 heteroatoms. The molecule has 4 rings (SSSR count). The molecule has 0 aliphatic carbocycles. The number of carbonyl (C=O) groups excluding carboxylic acids is 1. The van der Waals surface area contributed by atoms with Gasteiger partial charge in [-0.05, 0) is 25.1 Å². The third-order valence-corrected chi connectivity index (χ3v) is 5.17. The highest BCUT2D eigenvalue weighted by atomic mass is 19.4. The molecule has 0 radical (unpaired) electrons. The molecule has 0 saturated carbocycles. The average molecular weight is 459 g/mol. The second-order valence-electron chi connectivity index (χ2n) is 7.48. The van der Waals surface area contributed by atoms with Gasteiger partial charge in [-0.25, -0.2) is 15.0 Å². The maximum Gasteiger partial charge on any atom is 0.417 e. The second kappa shape index (κ2) is 8.62. The van der Waals surface area contributed by atoms with Crippen molar-refractivity contribution in [1.82, 2.24) is 29.2 Å². The monoisotopic (exact) mass is 459 g/mol. The fraction of sp³-hybridized carbons (Fsp3) is 0.286. The van der Waals surface area contributed by atoms with Crippen LogP contribution in [0.2, 0.25) is 0 Å². The Morgan fingerprint density at radius 3 is 2.67 bits per heavy atom. The van der Waals surface area contributed by atoms with Gasteiger partial charge in [-0.3, -0.25) is 14.2 Å². The Bertz CT molecular complexity index is 1310. The minimum atomic E-state index is -4.49. The van der Waals surface area contributed by atoms with Gasteiger partial charge in [-0.15, -0.1) is 0 Å². The molecule has 33 heavy (non-hydrogen) atoms.